The number of rotatable bonds is 2. The van der Waals surface area contributed by atoms with E-state index in [1.54, 1.807) is 10.6 Å². The van der Waals surface area contributed by atoms with Crippen LogP contribution in [0.4, 0.5) is 0 Å². The number of pyridine rings is 1. The Hall–Kier alpha value is -1.87. The van der Waals surface area contributed by atoms with Gasteiger partial charge in [-0.2, -0.15) is 0 Å². The van der Waals surface area contributed by atoms with Crippen LogP contribution in [-0.4, -0.2) is 30.6 Å². The van der Waals surface area contributed by atoms with E-state index in [2.05, 4.69) is 0 Å². The monoisotopic (exact) mass is 279 g/mol. The molecule has 100 valence electrons. The van der Waals surface area contributed by atoms with E-state index in [0.29, 0.717) is 24.4 Å². The predicted octanol–water partition coefficient (Wildman–Crippen LogP) is 2.71. The van der Waals surface area contributed by atoms with Gasteiger partial charge in [-0.1, -0.05) is 0 Å². The molecule has 6 heteroatoms. The van der Waals surface area contributed by atoms with Gasteiger partial charge >= 0.3 is 11.9 Å². The molecule has 0 aliphatic rings. The predicted molar refractivity (Wildman–Crippen MR) is 72.1 cm³/mol. The van der Waals surface area contributed by atoms with Crippen molar-refractivity contribution in [2.75, 3.05) is 14.2 Å². The van der Waals surface area contributed by atoms with E-state index in [0.717, 1.165) is 11.1 Å². The van der Waals surface area contributed by atoms with Gasteiger partial charge in [-0.25, -0.2) is 9.59 Å². The lowest BCUT2D eigenvalue weighted by Gasteiger charge is -2.06. The molecule has 2 heterocycles. The molecule has 0 N–H and O–H groups in total. The molecule has 0 saturated carbocycles. The number of hydrogen-bond acceptors (Lipinski definition) is 4. The fraction of sp³-hybridized carbons (Fsp3) is 0.308. The first-order valence-corrected chi connectivity index (χ1v) is 6.55. The van der Waals surface area contributed by atoms with Crippen molar-refractivity contribution >= 4 is 25.6 Å². The third-order valence-corrected chi connectivity index (χ3v) is 4.31. The van der Waals surface area contributed by atoms with E-state index >= 15 is 0 Å². The second-order valence-corrected chi connectivity index (χ2v) is 5.20. The number of fused-ring (bicyclic) bond motifs is 1. The van der Waals surface area contributed by atoms with Gasteiger partial charge in [-0.3, -0.25) is 0 Å². The number of methoxy groups -OCH3 is 2. The van der Waals surface area contributed by atoms with Crippen molar-refractivity contribution in [1.29, 1.82) is 0 Å². The first-order chi connectivity index (χ1) is 9.01. The van der Waals surface area contributed by atoms with E-state index < -0.39 is 11.9 Å². The van der Waals surface area contributed by atoms with Crippen LogP contribution in [0.2, 0.25) is 0 Å². The molecule has 5 nitrogen and oxygen atoms in total. The number of aryl methyl sites for hydroxylation is 2. The molecular weight excluding hydrogens is 265 g/mol. The molecule has 2 aromatic heterocycles. The van der Waals surface area contributed by atoms with E-state index in [-0.39, 0.29) is 0 Å². The molecule has 0 fully saturated rings. The highest BCUT2D eigenvalue weighted by molar-refractivity contribution is 7.35. The van der Waals surface area contributed by atoms with Crippen LogP contribution in [0.3, 0.4) is 0 Å². The molecule has 19 heavy (non-hydrogen) atoms. The van der Waals surface area contributed by atoms with Crippen LogP contribution in [0.15, 0.2) is 12.3 Å². The van der Waals surface area contributed by atoms with Crippen molar-refractivity contribution < 1.29 is 19.1 Å². The molecule has 0 saturated heterocycles. The number of carbonyl (C=O) groups is 2. The normalized spacial score (nSPS) is 10.9. The van der Waals surface area contributed by atoms with E-state index in [1.807, 2.05) is 19.9 Å². The molecule has 0 aliphatic heterocycles. The second kappa shape index (κ2) is 5.02. The second-order valence-electron chi connectivity index (χ2n) is 4.11. The zero-order chi connectivity index (χ0) is 14.2. The first kappa shape index (κ1) is 13.6. The van der Waals surface area contributed by atoms with Gasteiger partial charge in [0.1, 0.15) is 5.30 Å². The summed E-state index contributed by atoms with van der Waals surface area (Å²) in [6.07, 6.45) is 1.77. The highest BCUT2D eigenvalue weighted by atomic mass is 31.0. The lowest BCUT2D eigenvalue weighted by Crippen LogP contribution is -2.05. The van der Waals surface area contributed by atoms with E-state index in [4.69, 9.17) is 9.47 Å². The maximum Gasteiger partial charge on any atom is 0.359 e. The minimum atomic E-state index is -0.449. The van der Waals surface area contributed by atoms with Gasteiger partial charge < -0.3 is 13.9 Å². The van der Waals surface area contributed by atoms with Crippen LogP contribution in [0, 0.1) is 13.8 Å². The number of aromatic nitrogens is 1. The quantitative estimate of drug-likeness (QED) is 0.793. The van der Waals surface area contributed by atoms with E-state index in [1.165, 1.54) is 14.2 Å². The Morgan fingerprint density at radius 1 is 1.16 bits per heavy atom. The molecule has 0 aromatic carbocycles. The highest BCUT2D eigenvalue weighted by Gasteiger charge is 2.23. The number of ether oxygens (including phenoxy) is 2. The highest BCUT2D eigenvalue weighted by Crippen LogP contribution is 2.32. The Morgan fingerprint density at radius 2 is 1.79 bits per heavy atom. The summed E-state index contributed by atoms with van der Waals surface area (Å²) in [5, 5.41) is 0.462. The molecule has 0 spiro atoms. The number of carbonyl (C=O) groups excluding carboxylic acids is 2. The zero-order valence-electron chi connectivity index (χ0n) is 11.2. The van der Waals surface area contributed by atoms with Gasteiger partial charge in [0.05, 0.1) is 19.7 Å². The minimum absolute atomic E-state index is 0.404. The van der Waals surface area contributed by atoms with Crippen molar-refractivity contribution in [1.82, 2.24) is 4.40 Å². The minimum Gasteiger partial charge on any atom is -0.465 e. The average Bonchev–Trinajstić information content (AvgIpc) is 2.81. The lowest BCUT2D eigenvalue weighted by atomic mass is 10.1. The first-order valence-electron chi connectivity index (χ1n) is 5.66. The zero-order valence-corrected chi connectivity index (χ0v) is 12.1. The fourth-order valence-corrected chi connectivity index (χ4v) is 3.14. The molecular formula is C13H14NO4P. The smallest absolute Gasteiger partial charge is 0.359 e. The Labute approximate surface area is 112 Å². The van der Waals surface area contributed by atoms with Gasteiger partial charge in [0.25, 0.3) is 0 Å². The SMILES string of the molecule is COC(=O)c1pc(C(=O)OC)n2ccc(C)c(C)c12. The lowest BCUT2D eigenvalue weighted by molar-refractivity contribution is 0.0594. The summed E-state index contributed by atoms with van der Waals surface area (Å²) in [4.78, 5) is 23.6. The van der Waals surface area contributed by atoms with Gasteiger partial charge in [-0.15, -0.1) is 0 Å². The molecule has 0 amide bonds. The average molecular weight is 279 g/mol. The number of hydrogen-bond donors (Lipinski definition) is 0. The summed E-state index contributed by atoms with van der Waals surface area (Å²) >= 11 is 0. The van der Waals surface area contributed by atoms with Gasteiger partial charge in [0, 0.05) is 6.20 Å². The summed E-state index contributed by atoms with van der Waals surface area (Å²) in [6.45, 7) is 3.87. The Morgan fingerprint density at radius 3 is 2.37 bits per heavy atom. The Balaban J connectivity index is 2.85. The maximum absolute atomic E-state index is 11.9. The van der Waals surface area contributed by atoms with Gasteiger partial charge in [0.15, 0.2) is 5.43 Å². The van der Waals surface area contributed by atoms with Crippen LogP contribution in [0.1, 0.15) is 31.4 Å². The molecule has 0 atom stereocenters. The van der Waals surface area contributed by atoms with Gasteiger partial charge in [0.2, 0.25) is 0 Å². The Kier molecular flexibility index (Phi) is 3.58. The summed E-state index contributed by atoms with van der Waals surface area (Å²) in [6, 6.07) is 1.90. The molecule has 0 bridgehead atoms. The summed E-state index contributed by atoms with van der Waals surface area (Å²) in [5.74, 6) is -0.877. The van der Waals surface area contributed by atoms with Crippen LogP contribution in [0.5, 0.6) is 0 Å². The van der Waals surface area contributed by atoms with Crippen LogP contribution < -0.4 is 0 Å². The fourth-order valence-electron chi connectivity index (χ4n) is 1.91. The van der Waals surface area contributed by atoms with Crippen molar-refractivity contribution in [2.45, 2.75) is 13.8 Å². The Bertz CT molecular complexity index is 675. The number of esters is 2. The number of nitrogens with zero attached hydrogens (tertiary/aromatic N) is 1. The molecule has 0 aliphatic carbocycles. The van der Waals surface area contributed by atoms with Crippen molar-refractivity contribution in [2.24, 2.45) is 0 Å². The van der Waals surface area contributed by atoms with Crippen LogP contribution >= 0.6 is 8.19 Å². The van der Waals surface area contributed by atoms with Crippen molar-refractivity contribution in [3.8, 4) is 0 Å². The van der Waals surface area contributed by atoms with Crippen molar-refractivity contribution in [3.05, 3.63) is 34.1 Å². The van der Waals surface area contributed by atoms with Crippen LogP contribution in [0.25, 0.3) is 5.52 Å². The largest absolute Gasteiger partial charge is 0.465 e. The third kappa shape index (κ3) is 2.10. The van der Waals surface area contributed by atoms with Gasteiger partial charge in [-0.05, 0) is 39.2 Å². The molecule has 0 radical (unpaired) electrons. The topological polar surface area (TPSA) is 57.0 Å². The molecule has 2 rings (SSSR count). The molecule has 0 unspecified atom stereocenters. The third-order valence-electron chi connectivity index (χ3n) is 3.08. The summed E-state index contributed by atoms with van der Waals surface area (Å²) < 4.78 is 11.2. The molecule has 2 aromatic rings. The standard InChI is InChI=1S/C13H14NO4P/c1-7-5-6-14-9(8(7)2)10(12(15)17-3)19-11(14)13(16)18-4/h5-6H,1-4H3. The summed E-state index contributed by atoms with van der Waals surface area (Å²) in [5.41, 5.74) is 3.12. The maximum atomic E-state index is 11.9. The van der Waals surface area contributed by atoms with Crippen molar-refractivity contribution in [3.63, 3.8) is 0 Å². The van der Waals surface area contributed by atoms with E-state index in [9.17, 15) is 9.59 Å². The summed E-state index contributed by atoms with van der Waals surface area (Å²) in [7, 11) is 3.16. The van der Waals surface area contributed by atoms with Crippen LogP contribution in [-0.2, 0) is 9.47 Å².